The third-order valence-corrected chi connectivity index (χ3v) is 5.39. The van der Waals surface area contributed by atoms with E-state index in [1.54, 1.807) is 30.3 Å². The fourth-order valence-corrected chi connectivity index (χ4v) is 3.61. The fourth-order valence-electron chi connectivity index (χ4n) is 3.61. The molecule has 1 heterocycles. The Morgan fingerprint density at radius 1 is 1.05 bits per heavy atom. The number of cyclic esters (lactones) is 1. The minimum absolute atomic E-state index is 0.0733. The molecule has 0 bridgehead atoms. The number of carbonyl (C=O) groups excluding carboxylic acids is 5. The SMILES string of the molecule is COC(C(=O)N1C(=O)OCC1c1ccccc1)C(OC(C)=O)C(=O)C=CC(=O)CCCOCCOCCO. The summed E-state index contributed by atoms with van der Waals surface area (Å²) in [4.78, 5) is 63.4. The Morgan fingerprint density at radius 3 is 2.37 bits per heavy atom. The second-order valence-electron chi connectivity index (χ2n) is 8.15. The third kappa shape index (κ3) is 9.45. The molecule has 2 amide bonds. The van der Waals surface area contributed by atoms with Crippen LogP contribution in [0.15, 0.2) is 42.5 Å². The van der Waals surface area contributed by atoms with Gasteiger partial charge in [-0.1, -0.05) is 30.3 Å². The van der Waals surface area contributed by atoms with Gasteiger partial charge in [-0.2, -0.15) is 0 Å². The molecule has 0 radical (unpaired) electrons. The Balaban J connectivity index is 2.03. The van der Waals surface area contributed by atoms with E-state index in [2.05, 4.69) is 0 Å². The zero-order valence-electron chi connectivity index (χ0n) is 21.4. The molecule has 3 atom stereocenters. The summed E-state index contributed by atoms with van der Waals surface area (Å²) in [7, 11) is 1.13. The molecule has 1 saturated heterocycles. The van der Waals surface area contributed by atoms with E-state index in [-0.39, 0.29) is 32.0 Å². The topological polar surface area (TPSA) is 155 Å². The van der Waals surface area contributed by atoms with Gasteiger partial charge in [0.25, 0.3) is 5.91 Å². The molecule has 0 aliphatic carbocycles. The van der Waals surface area contributed by atoms with Crippen LogP contribution < -0.4 is 0 Å². The molecule has 1 fully saturated rings. The van der Waals surface area contributed by atoms with Gasteiger partial charge in [0.05, 0.1) is 26.4 Å². The number of methoxy groups -OCH3 is 1. The molecule has 1 aliphatic heterocycles. The first kappa shape index (κ1) is 30.8. The predicted molar refractivity (Wildman–Crippen MR) is 131 cm³/mol. The van der Waals surface area contributed by atoms with E-state index in [0.717, 1.165) is 31.1 Å². The third-order valence-electron chi connectivity index (χ3n) is 5.39. The van der Waals surface area contributed by atoms with Crippen LogP contribution in [0.1, 0.15) is 31.4 Å². The molecule has 3 unspecified atom stereocenters. The summed E-state index contributed by atoms with van der Waals surface area (Å²) in [6.07, 6.45) is -1.90. The summed E-state index contributed by atoms with van der Waals surface area (Å²) in [5.74, 6) is -3.03. The van der Waals surface area contributed by atoms with Gasteiger partial charge in [-0.15, -0.1) is 0 Å². The normalized spacial score (nSPS) is 16.8. The highest BCUT2D eigenvalue weighted by Gasteiger charge is 2.46. The van der Waals surface area contributed by atoms with Crippen LogP contribution in [0.4, 0.5) is 4.79 Å². The number of esters is 1. The van der Waals surface area contributed by atoms with Gasteiger partial charge in [0.1, 0.15) is 12.6 Å². The highest BCUT2D eigenvalue weighted by atomic mass is 16.6. The van der Waals surface area contributed by atoms with Crippen LogP contribution in [0.25, 0.3) is 0 Å². The average Bonchev–Trinajstić information content (AvgIpc) is 3.30. The van der Waals surface area contributed by atoms with Gasteiger partial charge in [0.15, 0.2) is 23.8 Å². The molecular formula is C26H33NO11. The van der Waals surface area contributed by atoms with E-state index in [1.165, 1.54) is 0 Å². The van der Waals surface area contributed by atoms with Crippen molar-refractivity contribution < 1.29 is 52.8 Å². The quantitative estimate of drug-likeness (QED) is 0.173. The summed E-state index contributed by atoms with van der Waals surface area (Å²) >= 11 is 0. The van der Waals surface area contributed by atoms with Crippen LogP contribution in [-0.4, -0.2) is 98.5 Å². The zero-order chi connectivity index (χ0) is 27.9. The molecule has 1 N–H and O–H groups in total. The number of aliphatic hydroxyl groups is 1. The summed E-state index contributed by atoms with van der Waals surface area (Å²) in [5.41, 5.74) is 0.629. The Labute approximate surface area is 220 Å². The van der Waals surface area contributed by atoms with Crippen molar-refractivity contribution in [1.29, 1.82) is 0 Å². The lowest BCUT2D eigenvalue weighted by Crippen LogP contribution is -2.51. The molecule has 208 valence electrons. The number of benzene rings is 1. The van der Waals surface area contributed by atoms with Gasteiger partial charge in [0, 0.05) is 27.1 Å². The molecule has 0 aromatic heterocycles. The zero-order valence-corrected chi connectivity index (χ0v) is 21.4. The molecular weight excluding hydrogens is 502 g/mol. The van der Waals surface area contributed by atoms with E-state index < -0.39 is 42.0 Å². The Kier molecular flexibility index (Phi) is 13.3. The lowest BCUT2D eigenvalue weighted by atomic mass is 10.0. The van der Waals surface area contributed by atoms with Gasteiger partial charge >= 0.3 is 12.1 Å². The van der Waals surface area contributed by atoms with Crippen molar-refractivity contribution in [2.45, 2.75) is 38.0 Å². The van der Waals surface area contributed by atoms with Gasteiger partial charge < -0.3 is 28.8 Å². The first-order valence-electron chi connectivity index (χ1n) is 12.1. The minimum atomic E-state index is -1.74. The van der Waals surface area contributed by atoms with Crippen LogP contribution in [0.2, 0.25) is 0 Å². The van der Waals surface area contributed by atoms with E-state index in [4.69, 9.17) is 28.8 Å². The van der Waals surface area contributed by atoms with Gasteiger partial charge in [-0.05, 0) is 24.1 Å². The van der Waals surface area contributed by atoms with E-state index >= 15 is 0 Å². The standard InChI is InChI=1S/C26H33NO11/c1-18(29)38-23(22(31)11-10-20(30)9-6-13-35-15-16-36-14-12-28)24(34-2)25(32)27-21(17-37-26(27)33)19-7-4-3-5-8-19/h3-5,7-8,10-11,21,23-24,28H,6,9,12-17H2,1-2H3. The Hall–Kier alpha value is -3.45. The molecule has 12 heteroatoms. The summed E-state index contributed by atoms with van der Waals surface area (Å²) in [6.45, 7) is 2.04. The van der Waals surface area contributed by atoms with Gasteiger partial charge in [-0.25, -0.2) is 9.69 Å². The van der Waals surface area contributed by atoms with Crippen molar-refractivity contribution >= 4 is 29.5 Å². The van der Waals surface area contributed by atoms with Crippen LogP contribution in [-0.2, 0) is 42.9 Å². The van der Waals surface area contributed by atoms with E-state index in [9.17, 15) is 24.0 Å². The van der Waals surface area contributed by atoms with E-state index in [0.29, 0.717) is 31.8 Å². The second-order valence-corrected chi connectivity index (χ2v) is 8.15. The average molecular weight is 536 g/mol. The minimum Gasteiger partial charge on any atom is -0.451 e. The number of amides is 2. The number of ketones is 2. The van der Waals surface area contributed by atoms with Gasteiger partial charge in [-0.3, -0.25) is 19.2 Å². The number of aliphatic hydroxyl groups excluding tert-OH is 1. The maximum Gasteiger partial charge on any atom is 0.417 e. The number of imide groups is 1. The van der Waals surface area contributed by atoms with Gasteiger partial charge in [0.2, 0.25) is 0 Å². The summed E-state index contributed by atoms with van der Waals surface area (Å²) in [5, 5.41) is 8.62. The molecule has 2 rings (SSSR count). The monoisotopic (exact) mass is 535 g/mol. The Morgan fingerprint density at radius 2 is 1.74 bits per heavy atom. The summed E-state index contributed by atoms with van der Waals surface area (Å²) in [6, 6.07) is 7.92. The Bertz CT molecular complexity index is 979. The molecule has 12 nitrogen and oxygen atoms in total. The molecule has 0 saturated carbocycles. The van der Waals surface area contributed by atoms with Crippen molar-refractivity contribution in [2.24, 2.45) is 0 Å². The molecule has 1 aromatic rings. The second kappa shape index (κ2) is 16.4. The van der Waals surface area contributed by atoms with Crippen LogP contribution in [0.3, 0.4) is 0 Å². The smallest absolute Gasteiger partial charge is 0.417 e. The first-order chi connectivity index (χ1) is 18.3. The van der Waals surface area contributed by atoms with Crippen molar-refractivity contribution in [3.63, 3.8) is 0 Å². The highest BCUT2D eigenvalue weighted by Crippen LogP contribution is 2.29. The fraction of sp³-hybridized carbons (Fsp3) is 0.500. The molecule has 1 aliphatic rings. The number of carbonyl (C=O) groups is 5. The largest absolute Gasteiger partial charge is 0.451 e. The van der Waals surface area contributed by atoms with E-state index in [1.807, 2.05) is 0 Å². The maximum atomic E-state index is 13.4. The number of hydrogen-bond donors (Lipinski definition) is 1. The van der Waals surface area contributed by atoms with Crippen molar-refractivity contribution in [3.8, 4) is 0 Å². The number of allylic oxidation sites excluding steroid dienone is 1. The lowest BCUT2D eigenvalue weighted by Gasteiger charge is -2.27. The number of nitrogens with zero attached hydrogens (tertiary/aromatic N) is 1. The van der Waals surface area contributed by atoms with Crippen molar-refractivity contribution in [3.05, 3.63) is 48.0 Å². The predicted octanol–water partition coefficient (Wildman–Crippen LogP) is 1.15. The van der Waals surface area contributed by atoms with Crippen molar-refractivity contribution in [2.75, 3.05) is 46.8 Å². The summed E-state index contributed by atoms with van der Waals surface area (Å²) < 4.78 is 25.7. The molecule has 1 aromatic carbocycles. The maximum absolute atomic E-state index is 13.4. The number of rotatable bonds is 17. The lowest BCUT2D eigenvalue weighted by molar-refractivity contribution is -0.166. The van der Waals surface area contributed by atoms with Crippen LogP contribution in [0, 0.1) is 0 Å². The highest BCUT2D eigenvalue weighted by molar-refractivity contribution is 6.05. The number of ether oxygens (including phenoxy) is 5. The molecule has 38 heavy (non-hydrogen) atoms. The first-order valence-corrected chi connectivity index (χ1v) is 12.1. The molecule has 0 spiro atoms. The van der Waals surface area contributed by atoms with Crippen LogP contribution >= 0.6 is 0 Å². The van der Waals surface area contributed by atoms with Crippen LogP contribution in [0.5, 0.6) is 0 Å². The van der Waals surface area contributed by atoms with Crippen molar-refractivity contribution in [1.82, 2.24) is 4.90 Å². The number of hydrogen-bond acceptors (Lipinski definition) is 11.